The van der Waals surface area contributed by atoms with Gasteiger partial charge in [0, 0.05) is 59.2 Å². The normalized spacial score (nSPS) is 11.9. The lowest BCUT2D eigenvalue weighted by Crippen LogP contribution is -2.32. The van der Waals surface area contributed by atoms with Gasteiger partial charge >= 0.3 is 6.03 Å². The molecule has 0 aliphatic rings. The zero-order valence-corrected chi connectivity index (χ0v) is 17.6. The molecule has 0 aliphatic heterocycles. The maximum absolute atomic E-state index is 12.5. The summed E-state index contributed by atoms with van der Waals surface area (Å²) in [6.45, 7) is 0.458. The average molecular weight is 449 g/mol. The zero-order chi connectivity index (χ0) is 20.2. The first kappa shape index (κ1) is 19.2. The number of aryl methyl sites for hydroxylation is 1. The van der Waals surface area contributed by atoms with E-state index in [9.17, 15) is 4.79 Å². The highest BCUT2D eigenvalue weighted by molar-refractivity contribution is 9.10. The molecule has 4 rings (SSSR count). The minimum absolute atomic E-state index is 0.0111. The van der Waals surface area contributed by atoms with Crippen LogP contribution in [-0.4, -0.2) is 22.1 Å². The second-order valence-corrected chi connectivity index (χ2v) is 7.81. The molecular formula is C23H21BrN4O. The molecule has 6 heteroatoms. The highest BCUT2D eigenvalue weighted by atomic mass is 79.9. The number of hydrogen-bond acceptors (Lipinski definition) is 2. The van der Waals surface area contributed by atoms with Crippen molar-refractivity contribution < 1.29 is 4.79 Å². The van der Waals surface area contributed by atoms with Gasteiger partial charge in [-0.1, -0.05) is 46.3 Å². The molecule has 5 nitrogen and oxygen atoms in total. The first-order valence-corrected chi connectivity index (χ1v) is 10.2. The number of rotatable bonds is 5. The summed E-state index contributed by atoms with van der Waals surface area (Å²) < 4.78 is 3.04. The molecular weight excluding hydrogens is 428 g/mol. The smallest absolute Gasteiger partial charge is 0.319 e. The quantitative estimate of drug-likeness (QED) is 0.435. The fourth-order valence-corrected chi connectivity index (χ4v) is 3.98. The molecule has 0 spiro atoms. The number of pyridine rings is 1. The summed E-state index contributed by atoms with van der Waals surface area (Å²) in [4.78, 5) is 16.8. The van der Waals surface area contributed by atoms with Gasteiger partial charge in [0.25, 0.3) is 0 Å². The molecule has 1 atom stereocenters. The highest BCUT2D eigenvalue weighted by Gasteiger charge is 2.20. The van der Waals surface area contributed by atoms with E-state index in [0.717, 1.165) is 21.2 Å². The largest absolute Gasteiger partial charge is 0.350 e. The number of aromatic nitrogens is 2. The molecule has 0 saturated heterocycles. The van der Waals surface area contributed by atoms with E-state index in [0.29, 0.717) is 6.54 Å². The lowest BCUT2D eigenvalue weighted by atomic mass is 9.92. The predicted molar refractivity (Wildman–Crippen MR) is 120 cm³/mol. The lowest BCUT2D eigenvalue weighted by molar-refractivity contribution is 0.252. The standard InChI is InChI=1S/C23H21BrN4O/c1-28-15-21(19-9-2-3-10-22(19)28)20(16-6-5-11-25-13-16)14-26-23(29)27-18-8-4-7-17(24)12-18/h2-13,15,20H,14H2,1H3,(H2,26,27,29). The molecule has 2 N–H and O–H groups in total. The number of nitrogens with one attached hydrogen (secondary N) is 2. The van der Waals surface area contributed by atoms with Crippen molar-refractivity contribution in [2.45, 2.75) is 5.92 Å². The topological polar surface area (TPSA) is 59.0 Å². The van der Waals surface area contributed by atoms with Gasteiger partial charge in [-0.05, 0) is 41.5 Å². The van der Waals surface area contributed by atoms with Crippen molar-refractivity contribution in [3.8, 4) is 0 Å². The van der Waals surface area contributed by atoms with Crippen LogP contribution in [0.1, 0.15) is 17.0 Å². The minimum Gasteiger partial charge on any atom is -0.350 e. The van der Waals surface area contributed by atoms with Crippen molar-refractivity contribution in [1.29, 1.82) is 0 Å². The Morgan fingerprint density at radius 3 is 2.79 bits per heavy atom. The van der Waals surface area contributed by atoms with Crippen LogP contribution in [0, 0.1) is 0 Å². The van der Waals surface area contributed by atoms with Crippen LogP contribution in [0.15, 0.2) is 83.7 Å². The Bertz CT molecular complexity index is 1140. The van der Waals surface area contributed by atoms with Crippen LogP contribution in [-0.2, 0) is 7.05 Å². The Hall–Kier alpha value is -3.12. The van der Waals surface area contributed by atoms with Crippen LogP contribution in [0.4, 0.5) is 10.5 Å². The molecule has 0 radical (unpaired) electrons. The van der Waals surface area contributed by atoms with E-state index in [1.165, 1.54) is 10.9 Å². The second kappa shape index (κ2) is 8.49. The van der Waals surface area contributed by atoms with Crippen molar-refractivity contribution in [2.75, 3.05) is 11.9 Å². The summed E-state index contributed by atoms with van der Waals surface area (Å²) in [6, 6.07) is 19.6. The van der Waals surface area contributed by atoms with Crippen LogP contribution < -0.4 is 10.6 Å². The summed E-state index contributed by atoms with van der Waals surface area (Å²) in [6.07, 6.45) is 5.76. The van der Waals surface area contributed by atoms with Gasteiger partial charge in [-0.25, -0.2) is 4.79 Å². The third-order valence-electron chi connectivity index (χ3n) is 4.94. The summed E-state index contributed by atoms with van der Waals surface area (Å²) >= 11 is 3.42. The molecule has 0 aliphatic carbocycles. The third kappa shape index (κ3) is 4.32. The van der Waals surface area contributed by atoms with Crippen molar-refractivity contribution in [1.82, 2.24) is 14.9 Å². The van der Waals surface area contributed by atoms with E-state index in [4.69, 9.17) is 0 Å². The number of hydrogen-bond donors (Lipinski definition) is 2. The molecule has 2 heterocycles. The molecule has 4 aromatic rings. The summed E-state index contributed by atoms with van der Waals surface area (Å²) in [7, 11) is 2.04. The van der Waals surface area contributed by atoms with Gasteiger partial charge in [-0.3, -0.25) is 4.98 Å². The Morgan fingerprint density at radius 2 is 2.00 bits per heavy atom. The van der Waals surface area contributed by atoms with Crippen LogP contribution in [0.3, 0.4) is 0 Å². The van der Waals surface area contributed by atoms with Gasteiger partial charge in [0.15, 0.2) is 0 Å². The average Bonchev–Trinajstić information content (AvgIpc) is 3.06. The molecule has 2 amide bonds. The Balaban J connectivity index is 1.59. The summed E-state index contributed by atoms with van der Waals surface area (Å²) in [5.41, 5.74) is 4.13. The second-order valence-electron chi connectivity index (χ2n) is 6.90. The van der Waals surface area contributed by atoms with E-state index in [-0.39, 0.29) is 11.9 Å². The van der Waals surface area contributed by atoms with E-state index in [1.54, 1.807) is 6.20 Å². The molecule has 2 aromatic carbocycles. The molecule has 29 heavy (non-hydrogen) atoms. The van der Waals surface area contributed by atoms with Crippen LogP contribution in [0.2, 0.25) is 0 Å². The van der Waals surface area contributed by atoms with Gasteiger partial charge < -0.3 is 15.2 Å². The van der Waals surface area contributed by atoms with Crippen molar-refractivity contribution in [3.05, 3.63) is 94.9 Å². The monoisotopic (exact) mass is 448 g/mol. The lowest BCUT2D eigenvalue weighted by Gasteiger charge is -2.18. The number of fused-ring (bicyclic) bond motifs is 1. The van der Waals surface area contributed by atoms with Gasteiger partial charge in [0.2, 0.25) is 0 Å². The number of amides is 2. The van der Waals surface area contributed by atoms with E-state index in [1.807, 2.05) is 61.8 Å². The number of benzene rings is 2. The molecule has 0 bridgehead atoms. The first-order valence-electron chi connectivity index (χ1n) is 9.36. The SMILES string of the molecule is Cn1cc(C(CNC(=O)Nc2cccc(Br)c2)c2cccnc2)c2ccccc21. The van der Waals surface area contributed by atoms with Gasteiger partial charge in [0.05, 0.1) is 0 Å². The van der Waals surface area contributed by atoms with E-state index < -0.39 is 0 Å². The molecule has 2 aromatic heterocycles. The predicted octanol–water partition coefficient (Wildman–Crippen LogP) is 5.29. The van der Waals surface area contributed by atoms with Crippen LogP contribution in [0.25, 0.3) is 10.9 Å². The number of carbonyl (C=O) groups excluding carboxylic acids is 1. The Labute approximate surface area is 177 Å². The number of nitrogens with zero attached hydrogens (tertiary/aromatic N) is 2. The van der Waals surface area contributed by atoms with Gasteiger partial charge in [0.1, 0.15) is 0 Å². The van der Waals surface area contributed by atoms with Crippen LogP contribution >= 0.6 is 15.9 Å². The van der Waals surface area contributed by atoms with Crippen molar-refractivity contribution in [2.24, 2.45) is 7.05 Å². The Kier molecular flexibility index (Phi) is 5.62. The number of halogens is 1. The van der Waals surface area contributed by atoms with Gasteiger partial charge in [-0.15, -0.1) is 0 Å². The first-order chi connectivity index (χ1) is 14.1. The molecule has 0 fully saturated rings. The fourth-order valence-electron chi connectivity index (χ4n) is 3.58. The highest BCUT2D eigenvalue weighted by Crippen LogP contribution is 2.31. The fraction of sp³-hybridized carbons (Fsp3) is 0.130. The van der Waals surface area contributed by atoms with E-state index >= 15 is 0 Å². The number of urea groups is 1. The summed E-state index contributed by atoms with van der Waals surface area (Å²) in [5, 5.41) is 7.08. The third-order valence-corrected chi connectivity index (χ3v) is 5.43. The number of anilines is 1. The van der Waals surface area contributed by atoms with Crippen molar-refractivity contribution >= 4 is 38.6 Å². The Morgan fingerprint density at radius 1 is 1.14 bits per heavy atom. The molecule has 0 saturated carbocycles. The molecule has 1 unspecified atom stereocenters. The maximum atomic E-state index is 12.5. The minimum atomic E-state index is -0.239. The van der Waals surface area contributed by atoms with Crippen molar-refractivity contribution in [3.63, 3.8) is 0 Å². The summed E-state index contributed by atoms with van der Waals surface area (Å²) in [5.74, 6) is -0.0111. The van der Waals surface area contributed by atoms with Crippen LogP contribution in [0.5, 0.6) is 0 Å². The zero-order valence-electron chi connectivity index (χ0n) is 16.0. The number of carbonyl (C=O) groups is 1. The number of para-hydroxylation sites is 1. The van der Waals surface area contributed by atoms with Gasteiger partial charge in [-0.2, -0.15) is 0 Å². The maximum Gasteiger partial charge on any atom is 0.319 e. The molecule has 146 valence electrons. The van der Waals surface area contributed by atoms with E-state index in [2.05, 4.69) is 54.4 Å².